The Balaban J connectivity index is 2.69. The lowest BCUT2D eigenvalue weighted by Gasteiger charge is -2.26. The van der Waals surface area contributed by atoms with Crippen molar-refractivity contribution in [1.82, 2.24) is 4.72 Å². The lowest BCUT2D eigenvalue weighted by atomic mass is 10.1. The van der Waals surface area contributed by atoms with Crippen LogP contribution in [-0.2, 0) is 17.4 Å². The highest BCUT2D eigenvalue weighted by molar-refractivity contribution is 7.84. The molecule has 0 amide bonds. The van der Waals surface area contributed by atoms with Crippen LogP contribution in [-0.4, -0.2) is 21.2 Å². The Morgan fingerprint density at radius 3 is 2.15 bits per heavy atom. The summed E-state index contributed by atoms with van der Waals surface area (Å²) in [6.45, 7) is 4.92. The fourth-order valence-corrected chi connectivity index (χ4v) is 2.41. The van der Waals surface area contributed by atoms with Gasteiger partial charge in [0.05, 0.1) is 15.7 Å². The van der Waals surface area contributed by atoms with Gasteiger partial charge in [-0.25, -0.2) is 8.93 Å². The molecule has 0 bridgehead atoms. The van der Waals surface area contributed by atoms with E-state index in [1.54, 1.807) is 45.0 Å². The minimum Gasteiger partial charge on any atom is -0.242 e. The average molecular weight is 307 g/mol. The van der Waals surface area contributed by atoms with Gasteiger partial charge in [0.1, 0.15) is 6.04 Å². The molecule has 1 aromatic rings. The van der Waals surface area contributed by atoms with Gasteiger partial charge in [0.2, 0.25) is 0 Å². The molecule has 1 rings (SSSR count). The van der Waals surface area contributed by atoms with Gasteiger partial charge >= 0.3 is 6.18 Å². The average Bonchev–Trinajstić information content (AvgIpc) is 2.32. The zero-order valence-corrected chi connectivity index (χ0v) is 12.6. The van der Waals surface area contributed by atoms with Gasteiger partial charge in [0.15, 0.2) is 0 Å². The van der Waals surface area contributed by atoms with Gasteiger partial charge in [0.25, 0.3) is 0 Å². The summed E-state index contributed by atoms with van der Waals surface area (Å²) in [6.07, 6.45) is -4.25. The van der Waals surface area contributed by atoms with Crippen LogP contribution in [0.5, 0.6) is 0 Å². The van der Waals surface area contributed by atoms with Crippen LogP contribution in [0.25, 0.3) is 0 Å². The third-order valence-electron chi connectivity index (χ3n) is 2.77. The van der Waals surface area contributed by atoms with Gasteiger partial charge in [-0.05, 0) is 39.2 Å². The van der Waals surface area contributed by atoms with Crippen LogP contribution >= 0.6 is 0 Å². The molecule has 0 aromatic heterocycles. The topological polar surface area (TPSA) is 29.1 Å². The predicted molar refractivity (Wildman–Crippen MR) is 75.6 cm³/mol. The summed E-state index contributed by atoms with van der Waals surface area (Å²) in [4.78, 5) is 0. The largest absolute Gasteiger partial charge is 0.404 e. The van der Waals surface area contributed by atoms with E-state index >= 15 is 0 Å². The number of nitrogens with one attached hydrogen (secondary N) is 1. The van der Waals surface area contributed by atoms with Crippen LogP contribution in [0.2, 0.25) is 0 Å². The zero-order valence-electron chi connectivity index (χ0n) is 11.8. The number of benzene rings is 1. The van der Waals surface area contributed by atoms with Gasteiger partial charge in [0, 0.05) is 0 Å². The number of hydrogen-bond donors (Lipinski definition) is 1. The first-order chi connectivity index (χ1) is 9.10. The van der Waals surface area contributed by atoms with Crippen LogP contribution in [0.4, 0.5) is 13.2 Å². The Morgan fingerprint density at radius 2 is 1.70 bits per heavy atom. The third kappa shape index (κ3) is 5.63. The lowest BCUT2D eigenvalue weighted by molar-refractivity contribution is -0.152. The maximum atomic E-state index is 13.0. The molecule has 1 unspecified atom stereocenters. The first-order valence-corrected chi connectivity index (χ1v) is 7.54. The summed E-state index contributed by atoms with van der Waals surface area (Å²) in [5.74, 6) is 0. The van der Waals surface area contributed by atoms with E-state index < -0.39 is 28.0 Å². The number of alkyl halides is 3. The van der Waals surface area contributed by atoms with E-state index in [9.17, 15) is 17.4 Å². The van der Waals surface area contributed by atoms with Gasteiger partial charge in [-0.15, -0.1) is 0 Å². The van der Waals surface area contributed by atoms with Crippen molar-refractivity contribution in [3.05, 3.63) is 35.9 Å². The lowest BCUT2D eigenvalue weighted by Crippen LogP contribution is -2.47. The van der Waals surface area contributed by atoms with E-state index in [1.165, 1.54) is 0 Å². The van der Waals surface area contributed by atoms with Gasteiger partial charge in [-0.3, -0.25) is 0 Å². The Kier molecular flexibility index (Phi) is 5.77. The van der Waals surface area contributed by atoms with Crippen LogP contribution in [0.1, 0.15) is 32.8 Å². The van der Waals surface area contributed by atoms with E-state index in [2.05, 4.69) is 4.72 Å². The fourth-order valence-electron chi connectivity index (χ4n) is 1.55. The predicted octanol–water partition coefficient (Wildman–Crippen LogP) is 3.60. The fraction of sp³-hybridized carbons (Fsp3) is 0.571. The van der Waals surface area contributed by atoms with Crippen LogP contribution in [0.3, 0.4) is 0 Å². The van der Waals surface area contributed by atoms with Crippen molar-refractivity contribution in [1.29, 1.82) is 0 Å². The van der Waals surface area contributed by atoms with Gasteiger partial charge in [-0.2, -0.15) is 13.2 Å². The molecule has 2 nitrogen and oxygen atoms in total. The van der Waals surface area contributed by atoms with Crippen molar-refractivity contribution < 1.29 is 17.4 Å². The Hall–Kier alpha value is -0.880. The van der Waals surface area contributed by atoms with Gasteiger partial charge < -0.3 is 0 Å². The number of aryl methyl sites for hydroxylation is 1. The highest BCUT2D eigenvalue weighted by atomic mass is 32.2. The highest BCUT2D eigenvalue weighted by Gasteiger charge is 2.41. The molecule has 0 aliphatic carbocycles. The minimum atomic E-state index is -4.41. The number of halogens is 3. The third-order valence-corrected chi connectivity index (χ3v) is 4.38. The molecule has 0 aliphatic rings. The first kappa shape index (κ1) is 17.2. The van der Waals surface area contributed by atoms with Crippen molar-refractivity contribution >= 4 is 11.0 Å². The second kappa shape index (κ2) is 6.72. The Morgan fingerprint density at radius 1 is 1.15 bits per heavy atom. The highest BCUT2D eigenvalue weighted by Crippen LogP contribution is 2.25. The molecule has 0 heterocycles. The number of hydrogen-bond acceptors (Lipinski definition) is 1. The van der Waals surface area contributed by atoms with Gasteiger partial charge in [-0.1, -0.05) is 30.3 Å². The molecule has 0 saturated carbocycles. The second-order valence-corrected chi connectivity index (χ2v) is 7.62. The van der Waals surface area contributed by atoms with Crippen LogP contribution in [0.15, 0.2) is 30.3 Å². The molecule has 1 aromatic carbocycles. The summed E-state index contributed by atoms with van der Waals surface area (Å²) < 4.78 is 52.2. The van der Waals surface area contributed by atoms with E-state index in [-0.39, 0.29) is 6.42 Å². The zero-order chi connectivity index (χ0) is 15.4. The molecule has 6 heteroatoms. The number of rotatable bonds is 5. The van der Waals surface area contributed by atoms with Crippen molar-refractivity contribution in [3.63, 3.8) is 0 Å². The van der Waals surface area contributed by atoms with Crippen LogP contribution in [0, 0.1) is 0 Å². The van der Waals surface area contributed by atoms with Crippen LogP contribution < -0.4 is 4.72 Å². The Labute approximate surface area is 120 Å². The molecule has 0 spiro atoms. The van der Waals surface area contributed by atoms with E-state index in [1.807, 2.05) is 6.07 Å². The summed E-state index contributed by atoms with van der Waals surface area (Å²) in [5.41, 5.74) is 0.838. The summed E-state index contributed by atoms with van der Waals surface area (Å²) in [7, 11) is -1.74. The quantitative estimate of drug-likeness (QED) is 0.885. The maximum Gasteiger partial charge on any atom is 0.404 e. The van der Waals surface area contributed by atoms with Crippen molar-refractivity contribution in [3.8, 4) is 0 Å². The van der Waals surface area contributed by atoms with Crippen molar-refractivity contribution in [2.75, 3.05) is 0 Å². The van der Waals surface area contributed by atoms with E-state index in [4.69, 9.17) is 0 Å². The maximum absolute atomic E-state index is 13.0. The van der Waals surface area contributed by atoms with E-state index in [0.717, 1.165) is 5.56 Å². The molecule has 0 saturated heterocycles. The molecule has 2 atom stereocenters. The monoisotopic (exact) mass is 307 g/mol. The molecule has 1 N–H and O–H groups in total. The standard InChI is InChI=1S/C14H20F3NOS/c1-13(2,3)20(19)18-12(14(15,16)17)10-9-11-7-5-4-6-8-11/h4-8,12,18H,9-10H2,1-3H3/t12-,20?/m0/s1. The van der Waals surface area contributed by atoms with E-state index in [0.29, 0.717) is 6.42 Å². The molecular weight excluding hydrogens is 287 g/mol. The normalized spacial score (nSPS) is 15.9. The minimum absolute atomic E-state index is 0.130. The van der Waals surface area contributed by atoms with Crippen molar-refractivity contribution in [2.45, 2.75) is 50.6 Å². The Bertz CT molecular complexity index is 440. The SMILES string of the molecule is CC(C)(C)S(=O)N[C@@H](CCc1ccccc1)C(F)(F)F. The second-order valence-electron chi connectivity index (χ2n) is 5.62. The molecule has 20 heavy (non-hydrogen) atoms. The molecule has 0 aliphatic heterocycles. The smallest absolute Gasteiger partial charge is 0.242 e. The summed E-state index contributed by atoms with van der Waals surface area (Å²) >= 11 is 0. The van der Waals surface area contributed by atoms with Crippen molar-refractivity contribution in [2.24, 2.45) is 0 Å². The summed E-state index contributed by atoms with van der Waals surface area (Å²) in [6, 6.07) is 7.21. The first-order valence-electron chi connectivity index (χ1n) is 6.39. The molecular formula is C14H20F3NOS. The molecule has 0 fully saturated rings. The molecule has 114 valence electrons. The summed E-state index contributed by atoms with van der Waals surface area (Å²) in [5, 5.41) is 0. The molecule has 0 radical (unpaired) electrons.